The third-order valence-electron chi connectivity index (χ3n) is 2.70. The lowest BCUT2D eigenvalue weighted by Crippen LogP contribution is -2.15. The second kappa shape index (κ2) is 7.68. The Morgan fingerprint density at radius 1 is 1.16 bits per heavy atom. The van der Waals surface area contributed by atoms with Crippen molar-refractivity contribution in [2.45, 2.75) is 33.6 Å². The van der Waals surface area contributed by atoms with Gasteiger partial charge >= 0.3 is 5.97 Å². The molecule has 0 spiro atoms. The Bertz CT molecular complexity index is 435. The van der Waals surface area contributed by atoms with Crippen molar-refractivity contribution < 1.29 is 19.4 Å². The number of rotatable bonds is 8. The summed E-state index contributed by atoms with van der Waals surface area (Å²) in [5.41, 5.74) is 1.51. The fourth-order valence-electron chi connectivity index (χ4n) is 1.82. The number of carbonyl (C=O) groups is 1. The first kappa shape index (κ1) is 15.4. The molecule has 1 N–H and O–H groups in total. The van der Waals surface area contributed by atoms with Crippen LogP contribution in [0.1, 0.15) is 42.4 Å². The van der Waals surface area contributed by atoms with E-state index in [1.165, 1.54) is 0 Å². The SMILES string of the molecule is CCOCCOc1nnc(CC)c(CC)c1C(=O)O. The molecule has 0 fully saturated rings. The van der Waals surface area contributed by atoms with E-state index >= 15 is 0 Å². The molecule has 6 nitrogen and oxygen atoms in total. The largest absolute Gasteiger partial charge is 0.477 e. The summed E-state index contributed by atoms with van der Waals surface area (Å²) in [7, 11) is 0. The molecule has 19 heavy (non-hydrogen) atoms. The first-order valence-electron chi connectivity index (χ1n) is 6.47. The highest BCUT2D eigenvalue weighted by Crippen LogP contribution is 2.22. The molecule has 0 radical (unpaired) electrons. The van der Waals surface area contributed by atoms with Crippen LogP contribution < -0.4 is 4.74 Å². The van der Waals surface area contributed by atoms with Crippen molar-refractivity contribution in [2.75, 3.05) is 19.8 Å². The van der Waals surface area contributed by atoms with Gasteiger partial charge in [-0.25, -0.2) is 4.79 Å². The molecule has 1 rings (SSSR count). The summed E-state index contributed by atoms with van der Waals surface area (Å²) >= 11 is 0. The summed E-state index contributed by atoms with van der Waals surface area (Å²) in [6.07, 6.45) is 1.23. The van der Waals surface area contributed by atoms with Gasteiger partial charge in [0.25, 0.3) is 0 Å². The maximum atomic E-state index is 11.4. The van der Waals surface area contributed by atoms with Gasteiger partial charge in [-0.1, -0.05) is 13.8 Å². The van der Waals surface area contributed by atoms with Crippen LogP contribution in [0.15, 0.2) is 0 Å². The van der Waals surface area contributed by atoms with E-state index in [1.807, 2.05) is 20.8 Å². The van der Waals surface area contributed by atoms with E-state index in [1.54, 1.807) is 0 Å². The third-order valence-corrected chi connectivity index (χ3v) is 2.70. The quantitative estimate of drug-likeness (QED) is 0.723. The lowest BCUT2D eigenvalue weighted by molar-refractivity contribution is 0.0682. The van der Waals surface area contributed by atoms with Gasteiger partial charge in [0, 0.05) is 6.61 Å². The number of nitrogens with zero attached hydrogens (tertiary/aromatic N) is 2. The van der Waals surface area contributed by atoms with Crippen molar-refractivity contribution in [3.05, 3.63) is 16.8 Å². The molecule has 0 saturated carbocycles. The summed E-state index contributed by atoms with van der Waals surface area (Å²) < 4.78 is 10.5. The molecule has 1 aromatic rings. The molecule has 0 amide bonds. The number of aryl methyl sites for hydroxylation is 1. The molecular weight excluding hydrogens is 248 g/mol. The zero-order chi connectivity index (χ0) is 14.3. The minimum absolute atomic E-state index is 0.0706. The Labute approximate surface area is 112 Å². The van der Waals surface area contributed by atoms with Gasteiger partial charge in [-0.15, -0.1) is 5.10 Å². The third kappa shape index (κ3) is 3.89. The number of ether oxygens (including phenoxy) is 2. The number of aromatic nitrogens is 2. The number of hydrogen-bond acceptors (Lipinski definition) is 5. The Morgan fingerprint density at radius 2 is 1.89 bits per heavy atom. The highest BCUT2D eigenvalue weighted by molar-refractivity contribution is 5.92. The van der Waals surface area contributed by atoms with Crippen LogP contribution in [0.3, 0.4) is 0 Å². The van der Waals surface area contributed by atoms with Gasteiger partial charge < -0.3 is 14.6 Å². The van der Waals surface area contributed by atoms with Gasteiger partial charge in [0.05, 0.1) is 12.3 Å². The zero-order valence-electron chi connectivity index (χ0n) is 11.6. The molecule has 6 heteroatoms. The minimum Gasteiger partial charge on any atom is -0.477 e. The van der Waals surface area contributed by atoms with Crippen molar-refractivity contribution in [3.63, 3.8) is 0 Å². The zero-order valence-corrected chi connectivity index (χ0v) is 11.6. The predicted octanol–water partition coefficient (Wildman–Crippen LogP) is 1.71. The second-order valence-electron chi connectivity index (χ2n) is 3.86. The first-order valence-corrected chi connectivity index (χ1v) is 6.47. The molecule has 0 atom stereocenters. The van der Waals surface area contributed by atoms with E-state index in [0.29, 0.717) is 37.3 Å². The van der Waals surface area contributed by atoms with Gasteiger partial charge in [-0.05, 0) is 25.3 Å². The van der Waals surface area contributed by atoms with Crippen LogP contribution in [0.2, 0.25) is 0 Å². The van der Waals surface area contributed by atoms with Crippen LogP contribution in [0.5, 0.6) is 5.88 Å². The summed E-state index contributed by atoms with van der Waals surface area (Å²) in [6, 6.07) is 0. The van der Waals surface area contributed by atoms with Crippen LogP contribution in [-0.4, -0.2) is 41.1 Å². The monoisotopic (exact) mass is 268 g/mol. The highest BCUT2D eigenvalue weighted by atomic mass is 16.5. The molecule has 0 aromatic carbocycles. The Morgan fingerprint density at radius 3 is 2.42 bits per heavy atom. The van der Waals surface area contributed by atoms with Crippen molar-refractivity contribution in [3.8, 4) is 5.88 Å². The molecular formula is C13H20N2O4. The summed E-state index contributed by atoms with van der Waals surface area (Å²) in [5, 5.41) is 17.2. The maximum absolute atomic E-state index is 11.4. The molecule has 0 unspecified atom stereocenters. The van der Waals surface area contributed by atoms with Gasteiger partial charge in [0.15, 0.2) is 0 Å². The van der Waals surface area contributed by atoms with Crippen molar-refractivity contribution in [1.82, 2.24) is 10.2 Å². The van der Waals surface area contributed by atoms with E-state index in [2.05, 4.69) is 10.2 Å². The topological polar surface area (TPSA) is 81.5 Å². The van der Waals surface area contributed by atoms with Gasteiger partial charge in [0.1, 0.15) is 12.2 Å². The van der Waals surface area contributed by atoms with E-state index in [0.717, 1.165) is 0 Å². The van der Waals surface area contributed by atoms with Crippen molar-refractivity contribution >= 4 is 5.97 Å². The average Bonchev–Trinajstić information content (AvgIpc) is 2.42. The second-order valence-corrected chi connectivity index (χ2v) is 3.86. The molecule has 0 aliphatic rings. The predicted molar refractivity (Wildman–Crippen MR) is 69.7 cm³/mol. The minimum atomic E-state index is -1.03. The normalized spacial score (nSPS) is 10.5. The molecule has 0 aliphatic heterocycles. The van der Waals surface area contributed by atoms with E-state index < -0.39 is 5.97 Å². The lowest BCUT2D eigenvalue weighted by atomic mass is 10.0. The lowest BCUT2D eigenvalue weighted by Gasteiger charge is -2.12. The Hall–Kier alpha value is -1.69. The molecule has 1 aromatic heterocycles. The van der Waals surface area contributed by atoms with E-state index in [9.17, 15) is 9.90 Å². The number of carboxylic acid groups (broad SMARTS) is 1. The summed E-state index contributed by atoms with van der Waals surface area (Å²) in [4.78, 5) is 11.4. The number of hydrogen-bond donors (Lipinski definition) is 1. The molecule has 1 heterocycles. The molecule has 106 valence electrons. The van der Waals surface area contributed by atoms with E-state index in [-0.39, 0.29) is 18.1 Å². The Balaban J connectivity index is 3.00. The molecule has 0 aliphatic carbocycles. The summed E-state index contributed by atoms with van der Waals surface area (Å²) in [5.74, 6) is -0.964. The van der Waals surface area contributed by atoms with Gasteiger partial charge in [-0.3, -0.25) is 0 Å². The van der Waals surface area contributed by atoms with Crippen LogP contribution in [-0.2, 0) is 17.6 Å². The van der Waals surface area contributed by atoms with Crippen LogP contribution in [0.4, 0.5) is 0 Å². The van der Waals surface area contributed by atoms with Crippen molar-refractivity contribution in [2.24, 2.45) is 0 Å². The van der Waals surface area contributed by atoms with Crippen LogP contribution in [0, 0.1) is 0 Å². The summed E-state index contributed by atoms with van der Waals surface area (Å²) in [6.45, 7) is 6.95. The van der Waals surface area contributed by atoms with Gasteiger partial charge in [0.2, 0.25) is 5.88 Å². The van der Waals surface area contributed by atoms with Crippen molar-refractivity contribution in [1.29, 1.82) is 0 Å². The van der Waals surface area contributed by atoms with Crippen LogP contribution in [0.25, 0.3) is 0 Å². The van der Waals surface area contributed by atoms with Gasteiger partial charge in [-0.2, -0.15) is 5.10 Å². The highest BCUT2D eigenvalue weighted by Gasteiger charge is 2.21. The standard InChI is InChI=1S/C13H20N2O4/c1-4-9-10(5-2)14-15-12(11(9)13(16)17)19-8-7-18-6-3/h4-8H2,1-3H3,(H,16,17). The maximum Gasteiger partial charge on any atom is 0.341 e. The smallest absolute Gasteiger partial charge is 0.341 e. The van der Waals surface area contributed by atoms with Crippen LogP contribution >= 0.6 is 0 Å². The fraction of sp³-hybridized carbons (Fsp3) is 0.615. The molecule has 0 saturated heterocycles. The number of carboxylic acids is 1. The fourth-order valence-corrected chi connectivity index (χ4v) is 1.82. The number of aromatic carboxylic acids is 1. The Kier molecular flexibility index (Phi) is 6.21. The first-order chi connectivity index (χ1) is 9.15. The average molecular weight is 268 g/mol. The molecule has 0 bridgehead atoms. The van der Waals surface area contributed by atoms with E-state index in [4.69, 9.17) is 9.47 Å².